The Bertz CT molecular complexity index is 836. The van der Waals surface area contributed by atoms with E-state index >= 15 is 0 Å². The Kier molecular flexibility index (Phi) is 6.26. The molecule has 2 aromatic rings. The van der Waals surface area contributed by atoms with E-state index in [-0.39, 0.29) is 11.7 Å². The number of methoxy groups -OCH3 is 2. The largest absolute Gasteiger partial charge is 0.497 e. The number of nitrogens with one attached hydrogen (secondary N) is 1. The molecule has 1 amide bonds. The topological polar surface area (TPSA) is 64.6 Å². The lowest BCUT2D eigenvalue weighted by Crippen LogP contribution is -2.49. The number of Topliss-reactive ketones (excluding diaryl/α,β-unsaturated/α-hetero) is 1. The lowest BCUT2D eigenvalue weighted by molar-refractivity contribution is 0.0781. The van der Waals surface area contributed by atoms with Crippen LogP contribution in [0, 0.1) is 12.3 Å². The van der Waals surface area contributed by atoms with Crippen LogP contribution in [0.5, 0.6) is 11.5 Å². The van der Waals surface area contributed by atoms with Gasteiger partial charge in [0.1, 0.15) is 11.5 Å². The van der Waals surface area contributed by atoms with E-state index in [1.54, 1.807) is 56.7 Å². The van der Waals surface area contributed by atoms with Gasteiger partial charge in [-0.2, -0.15) is 0 Å². The van der Waals surface area contributed by atoms with E-state index in [1.165, 1.54) is 0 Å². The van der Waals surface area contributed by atoms with Crippen molar-refractivity contribution in [3.8, 4) is 11.5 Å². The van der Waals surface area contributed by atoms with Crippen molar-refractivity contribution in [2.45, 2.75) is 33.7 Å². The van der Waals surface area contributed by atoms with Gasteiger partial charge in [0.05, 0.1) is 20.3 Å². The molecule has 2 aromatic carbocycles. The lowest BCUT2D eigenvalue weighted by atomic mass is 9.82. The lowest BCUT2D eigenvalue weighted by Gasteiger charge is -2.30. The molecule has 0 saturated heterocycles. The zero-order valence-corrected chi connectivity index (χ0v) is 16.8. The Hall–Kier alpha value is -2.82. The second kappa shape index (κ2) is 8.25. The van der Waals surface area contributed by atoms with E-state index in [9.17, 15) is 9.59 Å². The first kappa shape index (κ1) is 20.5. The smallest absolute Gasteiger partial charge is 0.252 e. The summed E-state index contributed by atoms with van der Waals surface area (Å²) in [4.78, 5) is 26.0. The van der Waals surface area contributed by atoms with E-state index < -0.39 is 11.5 Å². The van der Waals surface area contributed by atoms with Crippen molar-refractivity contribution in [1.82, 2.24) is 5.32 Å². The maximum atomic E-state index is 13.1. The Morgan fingerprint density at radius 3 is 2.26 bits per heavy atom. The fourth-order valence-corrected chi connectivity index (χ4v) is 2.91. The van der Waals surface area contributed by atoms with Crippen LogP contribution in [0.15, 0.2) is 42.5 Å². The minimum atomic E-state index is -0.692. The maximum absolute atomic E-state index is 13.1. The third-order valence-electron chi connectivity index (χ3n) is 4.51. The van der Waals surface area contributed by atoms with Crippen molar-refractivity contribution >= 4 is 11.7 Å². The number of rotatable bonds is 6. The summed E-state index contributed by atoms with van der Waals surface area (Å²) in [6.45, 7) is 7.60. The first-order chi connectivity index (χ1) is 12.7. The summed E-state index contributed by atoms with van der Waals surface area (Å²) < 4.78 is 10.5. The van der Waals surface area contributed by atoms with Crippen LogP contribution in [0.2, 0.25) is 0 Å². The number of amides is 1. The number of carbonyl (C=O) groups is 2. The molecule has 0 radical (unpaired) electrons. The van der Waals surface area contributed by atoms with Gasteiger partial charge in [0.25, 0.3) is 5.91 Å². The van der Waals surface area contributed by atoms with Gasteiger partial charge < -0.3 is 14.8 Å². The van der Waals surface area contributed by atoms with E-state index in [0.717, 1.165) is 5.56 Å². The normalized spacial score (nSPS) is 12.2. The van der Waals surface area contributed by atoms with Crippen LogP contribution in [0.4, 0.5) is 0 Å². The van der Waals surface area contributed by atoms with Gasteiger partial charge in [0.15, 0.2) is 5.78 Å². The first-order valence-corrected chi connectivity index (χ1v) is 8.81. The Balaban J connectivity index is 2.35. The summed E-state index contributed by atoms with van der Waals surface area (Å²) in [5.74, 6) is 0.774. The van der Waals surface area contributed by atoms with Gasteiger partial charge in [0.2, 0.25) is 0 Å². The molecule has 2 rings (SSSR count). The molecule has 0 saturated carbocycles. The maximum Gasteiger partial charge on any atom is 0.252 e. The van der Waals surface area contributed by atoms with Crippen molar-refractivity contribution < 1.29 is 19.1 Å². The van der Waals surface area contributed by atoms with Gasteiger partial charge in [0, 0.05) is 16.7 Å². The summed E-state index contributed by atoms with van der Waals surface area (Å²) in [6.07, 6.45) is 0. The second-order valence-corrected chi connectivity index (χ2v) is 7.50. The van der Waals surface area contributed by atoms with Crippen LogP contribution < -0.4 is 14.8 Å². The number of hydrogen-bond donors (Lipinski definition) is 1. The molecule has 0 heterocycles. The molecule has 1 atom stereocenters. The zero-order chi connectivity index (χ0) is 20.2. The number of hydrogen-bond acceptors (Lipinski definition) is 4. The number of benzene rings is 2. The predicted molar refractivity (Wildman–Crippen MR) is 106 cm³/mol. The van der Waals surface area contributed by atoms with Crippen molar-refractivity contribution in [2.75, 3.05) is 14.2 Å². The third kappa shape index (κ3) is 4.67. The molecule has 144 valence electrons. The molecule has 5 nitrogen and oxygen atoms in total. The highest BCUT2D eigenvalue weighted by Crippen LogP contribution is 2.26. The molecule has 0 fully saturated rings. The summed E-state index contributed by atoms with van der Waals surface area (Å²) in [5, 5.41) is 2.92. The van der Waals surface area contributed by atoms with Crippen LogP contribution >= 0.6 is 0 Å². The minimum Gasteiger partial charge on any atom is -0.497 e. The van der Waals surface area contributed by atoms with E-state index in [0.29, 0.717) is 22.6 Å². The Morgan fingerprint density at radius 1 is 1.00 bits per heavy atom. The fraction of sp³-hybridized carbons (Fsp3) is 0.364. The van der Waals surface area contributed by atoms with E-state index in [2.05, 4.69) is 5.32 Å². The molecule has 0 spiro atoms. The van der Waals surface area contributed by atoms with Crippen molar-refractivity contribution in [1.29, 1.82) is 0 Å². The van der Waals surface area contributed by atoms with Crippen LogP contribution in [-0.4, -0.2) is 32.0 Å². The molecule has 0 aliphatic carbocycles. The highest BCUT2D eigenvalue weighted by atomic mass is 16.5. The Morgan fingerprint density at radius 2 is 1.67 bits per heavy atom. The molecule has 1 N–H and O–H groups in total. The van der Waals surface area contributed by atoms with Crippen LogP contribution in [0.3, 0.4) is 0 Å². The average molecular weight is 369 g/mol. The highest BCUT2D eigenvalue weighted by Gasteiger charge is 2.34. The number of ether oxygens (including phenoxy) is 2. The van der Waals surface area contributed by atoms with Crippen LogP contribution in [0.1, 0.15) is 47.1 Å². The SMILES string of the molecule is COc1cccc(C(=O)C(NC(=O)c2cccc(OC)c2C)C(C)(C)C)c1. The van der Waals surface area contributed by atoms with E-state index in [4.69, 9.17) is 9.47 Å². The van der Waals surface area contributed by atoms with Gasteiger partial charge in [-0.1, -0.05) is 39.0 Å². The highest BCUT2D eigenvalue weighted by molar-refractivity contribution is 6.05. The molecular formula is C22H27NO4. The van der Waals surface area contributed by atoms with Crippen molar-refractivity contribution in [3.05, 3.63) is 59.2 Å². The van der Waals surface area contributed by atoms with E-state index in [1.807, 2.05) is 27.7 Å². The van der Waals surface area contributed by atoms with Crippen LogP contribution in [-0.2, 0) is 0 Å². The summed E-state index contributed by atoms with van der Waals surface area (Å²) in [6, 6.07) is 11.5. The first-order valence-electron chi connectivity index (χ1n) is 8.81. The third-order valence-corrected chi connectivity index (χ3v) is 4.51. The zero-order valence-electron chi connectivity index (χ0n) is 16.8. The van der Waals surface area contributed by atoms with Crippen molar-refractivity contribution in [3.63, 3.8) is 0 Å². The number of ketones is 1. The molecule has 0 aromatic heterocycles. The van der Waals surface area contributed by atoms with Gasteiger partial charge >= 0.3 is 0 Å². The molecule has 27 heavy (non-hydrogen) atoms. The second-order valence-electron chi connectivity index (χ2n) is 7.50. The fourth-order valence-electron chi connectivity index (χ4n) is 2.91. The van der Waals surface area contributed by atoms with Gasteiger partial charge in [-0.15, -0.1) is 0 Å². The summed E-state index contributed by atoms with van der Waals surface area (Å²) >= 11 is 0. The quantitative estimate of drug-likeness (QED) is 0.781. The molecule has 0 bridgehead atoms. The molecule has 5 heteroatoms. The molecular weight excluding hydrogens is 342 g/mol. The average Bonchev–Trinajstić information content (AvgIpc) is 2.64. The summed E-state index contributed by atoms with van der Waals surface area (Å²) in [5.41, 5.74) is 1.25. The van der Waals surface area contributed by atoms with Gasteiger partial charge in [-0.25, -0.2) is 0 Å². The predicted octanol–water partition coefficient (Wildman–Crippen LogP) is 4.04. The Labute approximate surface area is 160 Å². The molecule has 1 unspecified atom stereocenters. The molecule has 0 aliphatic rings. The monoisotopic (exact) mass is 369 g/mol. The van der Waals surface area contributed by atoms with Gasteiger partial charge in [-0.3, -0.25) is 9.59 Å². The standard InChI is InChI=1S/C22H27NO4/c1-14-17(11-8-12-18(14)27-6)21(25)23-20(22(2,3)4)19(24)15-9-7-10-16(13-15)26-5/h7-13,20H,1-6H3,(H,23,25). The summed E-state index contributed by atoms with van der Waals surface area (Å²) in [7, 11) is 3.12. The van der Waals surface area contributed by atoms with Crippen molar-refractivity contribution in [2.24, 2.45) is 5.41 Å². The van der Waals surface area contributed by atoms with Crippen LogP contribution in [0.25, 0.3) is 0 Å². The molecule has 0 aliphatic heterocycles. The number of carbonyl (C=O) groups excluding carboxylic acids is 2. The minimum absolute atomic E-state index is 0.157. The van der Waals surface area contributed by atoms with Gasteiger partial charge in [-0.05, 0) is 36.6 Å².